The second-order valence-corrected chi connectivity index (χ2v) is 5.28. The van der Waals surface area contributed by atoms with Crippen LogP contribution in [0.2, 0.25) is 0 Å². The molecule has 4 rings (SSSR count). The number of rotatable bonds is 3. The molecular formula is C16H14N6O. The smallest absolute Gasteiger partial charge is 0.322 e. The van der Waals surface area contributed by atoms with E-state index in [2.05, 4.69) is 30.5 Å². The minimum absolute atomic E-state index is 0.283. The van der Waals surface area contributed by atoms with Crippen molar-refractivity contribution in [2.45, 2.75) is 13.8 Å². The fourth-order valence-electron chi connectivity index (χ4n) is 2.31. The van der Waals surface area contributed by atoms with Gasteiger partial charge in [0.15, 0.2) is 0 Å². The summed E-state index contributed by atoms with van der Waals surface area (Å²) < 4.78 is 5.63. The molecule has 0 aliphatic heterocycles. The Morgan fingerprint density at radius 2 is 1.87 bits per heavy atom. The zero-order chi connectivity index (χ0) is 15.8. The first-order chi connectivity index (χ1) is 11.2. The molecule has 0 radical (unpaired) electrons. The lowest BCUT2D eigenvalue weighted by molar-refractivity contribution is 0.587. The number of H-pyrrole nitrogens is 1. The molecule has 0 amide bonds. The van der Waals surface area contributed by atoms with Crippen molar-refractivity contribution in [2.24, 2.45) is 0 Å². The van der Waals surface area contributed by atoms with E-state index in [1.54, 1.807) is 6.20 Å². The van der Waals surface area contributed by atoms with Gasteiger partial charge >= 0.3 is 6.01 Å². The summed E-state index contributed by atoms with van der Waals surface area (Å²) in [7, 11) is 0. The number of anilines is 2. The number of aromatic amines is 1. The van der Waals surface area contributed by atoms with Crippen molar-refractivity contribution < 1.29 is 4.42 Å². The molecule has 0 spiro atoms. The van der Waals surface area contributed by atoms with Crippen LogP contribution in [0.4, 0.5) is 12.0 Å². The molecule has 0 bridgehead atoms. The Balaban J connectivity index is 1.61. The third-order valence-corrected chi connectivity index (χ3v) is 3.53. The molecule has 0 unspecified atom stereocenters. The van der Waals surface area contributed by atoms with Gasteiger partial charge in [-0.1, -0.05) is 22.8 Å². The average Bonchev–Trinajstić information content (AvgIpc) is 3.16. The Hall–Kier alpha value is -3.22. The summed E-state index contributed by atoms with van der Waals surface area (Å²) in [5.74, 6) is 0.997. The van der Waals surface area contributed by atoms with Crippen molar-refractivity contribution in [1.29, 1.82) is 0 Å². The van der Waals surface area contributed by atoms with E-state index in [4.69, 9.17) is 4.42 Å². The number of hydrogen-bond donors (Lipinski definition) is 2. The largest absolute Gasteiger partial charge is 0.403 e. The summed E-state index contributed by atoms with van der Waals surface area (Å²) in [6, 6.07) is 10.0. The maximum absolute atomic E-state index is 5.63. The summed E-state index contributed by atoms with van der Waals surface area (Å²) >= 11 is 0. The Kier molecular flexibility index (Phi) is 3.04. The fraction of sp³-hybridized carbons (Fsp3) is 0.125. The monoisotopic (exact) mass is 306 g/mol. The molecule has 114 valence electrons. The number of pyridine rings is 1. The normalized spacial score (nSPS) is 11.0. The summed E-state index contributed by atoms with van der Waals surface area (Å²) in [6.07, 6.45) is 1.74. The molecule has 0 aliphatic rings. The maximum atomic E-state index is 5.63. The van der Waals surface area contributed by atoms with E-state index in [0.29, 0.717) is 11.8 Å². The number of imidazole rings is 1. The highest BCUT2D eigenvalue weighted by atomic mass is 16.4. The van der Waals surface area contributed by atoms with E-state index < -0.39 is 0 Å². The van der Waals surface area contributed by atoms with E-state index in [9.17, 15) is 0 Å². The standard InChI is InChI=1S/C16H14N6O/c1-9-3-5-11(6-4-9)14-21-22-16(23-14)20-15-18-12-7-8-17-10(2)13(12)19-15/h3-8H,1-2H3,(H2,18,19,20,22). The lowest BCUT2D eigenvalue weighted by Crippen LogP contribution is -1.92. The minimum Gasteiger partial charge on any atom is -0.403 e. The van der Waals surface area contributed by atoms with E-state index in [0.717, 1.165) is 22.3 Å². The van der Waals surface area contributed by atoms with Crippen molar-refractivity contribution in [1.82, 2.24) is 25.1 Å². The van der Waals surface area contributed by atoms with Gasteiger partial charge in [0.2, 0.25) is 11.8 Å². The number of nitrogens with zero attached hydrogens (tertiary/aromatic N) is 4. The third kappa shape index (κ3) is 2.52. The van der Waals surface area contributed by atoms with Crippen molar-refractivity contribution in [3.8, 4) is 11.5 Å². The van der Waals surface area contributed by atoms with Crippen molar-refractivity contribution >= 4 is 23.0 Å². The minimum atomic E-state index is 0.283. The van der Waals surface area contributed by atoms with E-state index in [1.807, 2.05) is 44.2 Å². The van der Waals surface area contributed by atoms with Gasteiger partial charge in [0, 0.05) is 11.8 Å². The number of hydrogen-bond acceptors (Lipinski definition) is 6. The second-order valence-electron chi connectivity index (χ2n) is 5.28. The number of nitrogens with one attached hydrogen (secondary N) is 2. The topological polar surface area (TPSA) is 92.5 Å². The zero-order valence-corrected chi connectivity index (χ0v) is 12.7. The molecule has 3 aromatic heterocycles. The highest BCUT2D eigenvalue weighted by molar-refractivity contribution is 5.79. The molecule has 0 aliphatic carbocycles. The van der Waals surface area contributed by atoms with Crippen molar-refractivity contribution in [3.05, 3.63) is 47.8 Å². The summed E-state index contributed by atoms with van der Waals surface area (Å²) in [5.41, 5.74) is 4.63. The van der Waals surface area contributed by atoms with Crippen LogP contribution >= 0.6 is 0 Å². The van der Waals surface area contributed by atoms with Crippen LogP contribution in [0.5, 0.6) is 0 Å². The zero-order valence-electron chi connectivity index (χ0n) is 12.7. The van der Waals surface area contributed by atoms with Crippen LogP contribution in [0.3, 0.4) is 0 Å². The van der Waals surface area contributed by atoms with Crippen LogP contribution < -0.4 is 5.32 Å². The molecule has 2 N–H and O–H groups in total. The van der Waals surface area contributed by atoms with Gasteiger partial charge in [-0.15, -0.1) is 5.10 Å². The molecule has 1 aromatic carbocycles. The second kappa shape index (κ2) is 5.20. The molecule has 0 saturated carbocycles. The average molecular weight is 306 g/mol. The van der Waals surface area contributed by atoms with Crippen LogP contribution in [0.1, 0.15) is 11.3 Å². The Morgan fingerprint density at radius 3 is 2.65 bits per heavy atom. The first kappa shape index (κ1) is 13.4. The van der Waals surface area contributed by atoms with Gasteiger partial charge in [-0.05, 0) is 32.0 Å². The van der Waals surface area contributed by atoms with Gasteiger partial charge in [-0.3, -0.25) is 10.3 Å². The highest BCUT2D eigenvalue weighted by Gasteiger charge is 2.11. The van der Waals surface area contributed by atoms with E-state index >= 15 is 0 Å². The summed E-state index contributed by atoms with van der Waals surface area (Å²) in [4.78, 5) is 11.8. The lowest BCUT2D eigenvalue weighted by atomic mass is 10.1. The summed E-state index contributed by atoms with van der Waals surface area (Å²) in [6.45, 7) is 3.94. The molecule has 4 aromatic rings. The van der Waals surface area contributed by atoms with Crippen molar-refractivity contribution in [3.63, 3.8) is 0 Å². The highest BCUT2D eigenvalue weighted by Crippen LogP contribution is 2.23. The molecule has 23 heavy (non-hydrogen) atoms. The predicted molar refractivity (Wildman–Crippen MR) is 86.4 cm³/mol. The molecule has 7 heteroatoms. The number of aryl methyl sites for hydroxylation is 2. The quantitative estimate of drug-likeness (QED) is 0.603. The summed E-state index contributed by atoms with van der Waals surface area (Å²) in [5, 5.41) is 11.0. The fourth-order valence-corrected chi connectivity index (χ4v) is 2.31. The molecule has 7 nitrogen and oxygen atoms in total. The van der Waals surface area contributed by atoms with Crippen LogP contribution in [-0.2, 0) is 0 Å². The Labute approximate surface area is 131 Å². The van der Waals surface area contributed by atoms with Gasteiger partial charge in [-0.2, -0.15) is 0 Å². The number of fused-ring (bicyclic) bond motifs is 1. The van der Waals surface area contributed by atoms with Gasteiger partial charge in [0.05, 0.1) is 11.2 Å². The molecule has 0 saturated heterocycles. The van der Waals surface area contributed by atoms with Crippen LogP contribution in [0.25, 0.3) is 22.5 Å². The number of benzene rings is 1. The Morgan fingerprint density at radius 1 is 1.04 bits per heavy atom. The molecule has 0 fully saturated rings. The van der Waals surface area contributed by atoms with Crippen LogP contribution in [0.15, 0.2) is 40.9 Å². The van der Waals surface area contributed by atoms with Crippen LogP contribution in [-0.4, -0.2) is 25.1 Å². The van der Waals surface area contributed by atoms with Crippen molar-refractivity contribution in [2.75, 3.05) is 5.32 Å². The lowest BCUT2D eigenvalue weighted by Gasteiger charge is -1.96. The van der Waals surface area contributed by atoms with Crippen LogP contribution in [0, 0.1) is 13.8 Å². The predicted octanol–water partition coefficient (Wildman–Crippen LogP) is 3.37. The first-order valence-corrected chi connectivity index (χ1v) is 7.18. The first-order valence-electron chi connectivity index (χ1n) is 7.18. The van der Waals surface area contributed by atoms with E-state index in [1.165, 1.54) is 5.56 Å². The van der Waals surface area contributed by atoms with Gasteiger partial charge < -0.3 is 9.40 Å². The van der Waals surface area contributed by atoms with E-state index in [-0.39, 0.29) is 6.01 Å². The number of aromatic nitrogens is 5. The van der Waals surface area contributed by atoms with Gasteiger partial charge in [0.1, 0.15) is 5.52 Å². The van der Waals surface area contributed by atoms with Gasteiger partial charge in [-0.25, -0.2) is 4.98 Å². The third-order valence-electron chi connectivity index (χ3n) is 3.53. The Bertz CT molecular complexity index is 970. The maximum Gasteiger partial charge on any atom is 0.322 e. The molecule has 0 atom stereocenters. The SMILES string of the molecule is Cc1ccc(-c2nnc(Nc3nc4c(C)nccc4[nH]3)o2)cc1. The van der Waals surface area contributed by atoms with Gasteiger partial charge in [0.25, 0.3) is 0 Å². The molecular weight excluding hydrogens is 292 g/mol. The molecule has 3 heterocycles.